The van der Waals surface area contributed by atoms with Gasteiger partial charge in [-0.1, -0.05) is 0 Å². The maximum Gasteiger partial charge on any atom is 0.422 e. The number of pyridine rings is 1. The number of halogens is 3. The Balaban J connectivity index is 1.99. The van der Waals surface area contributed by atoms with E-state index in [1.165, 1.54) is 12.1 Å². The summed E-state index contributed by atoms with van der Waals surface area (Å²) in [6.45, 7) is 4.16. The molecular formula is C14H19F3N4O2. The summed E-state index contributed by atoms with van der Waals surface area (Å²) in [5.74, 6) is -0.131. The van der Waals surface area contributed by atoms with E-state index >= 15 is 0 Å². The van der Waals surface area contributed by atoms with Gasteiger partial charge in [0.1, 0.15) is 0 Å². The normalized spacial score (nSPS) is 18.7. The molecule has 0 radical (unpaired) electrons. The van der Waals surface area contributed by atoms with Crippen molar-refractivity contribution in [1.82, 2.24) is 15.2 Å². The zero-order valence-corrected chi connectivity index (χ0v) is 12.9. The Morgan fingerprint density at radius 2 is 2.26 bits per heavy atom. The van der Waals surface area contributed by atoms with Gasteiger partial charge in [-0.15, -0.1) is 0 Å². The van der Waals surface area contributed by atoms with E-state index in [-0.39, 0.29) is 18.0 Å². The number of amides is 2. The van der Waals surface area contributed by atoms with E-state index < -0.39 is 12.8 Å². The van der Waals surface area contributed by atoms with Gasteiger partial charge in [0.2, 0.25) is 5.88 Å². The van der Waals surface area contributed by atoms with Crippen LogP contribution in [0, 0.1) is 6.92 Å². The molecule has 2 rings (SSSR count). The lowest BCUT2D eigenvalue weighted by atomic mass is 10.2. The van der Waals surface area contributed by atoms with E-state index in [0.29, 0.717) is 17.9 Å². The number of anilines is 1. The van der Waals surface area contributed by atoms with Gasteiger partial charge in [-0.3, -0.25) is 0 Å². The number of hydrogen-bond donors (Lipinski definition) is 2. The number of nitrogens with zero attached hydrogens (tertiary/aromatic N) is 2. The number of rotatable bonds is 3. The molecular weight excluding hydrogens is 313 g/mol. The first kappa shape index (κ1) is 17.3. The maximum absolute atomic E-state index is 12.3. The minimum absolute atomic E-state index is 0.0615. The van der Waals surface area contributed by atoms with Gasteiger partial charge in [-0.2, -0.15) is 13.2 Å². The highest BCUT2D eigenvalue weighted by atomic mass is 19.4. The summed E-state index contributed by atoms with van der Waals surface area (Å²) >= 11 is 0. The van der Waals surface area contributed by atoms with E-state index in [1.807, 2.05) is 6.92 Å². The third-order valence-corrected chi connectivity index (χ3v) is 3.45. The topological polar surface area (TPSA) is 66.5 Å². The first-order chi connectivity index (χ1) is 10.8. The molecule has 23 heavy (non-hydrogen) atoms. The smallest absolute Gasteiger partial charge is 0.422 e. The number of aromatic nitrogens is 1. The van der Waals surface area contributed by atoms with Crippen molar-refractivity contribution in [1.29, 1.82) is 0 Å². The Hall–Kier alpha value is -2.03. The van der Waals surface area contributed by atoms with Crippen LogP contribution in [0.1, 0.15) is 12.6 Å². The largest absolute Gasteiger partial charge is 0.468 e. The fraction of sp³-hybridized carbons (Fsp3) is 0.571. The van der Waals surface area contributed by atoms with Crippen molar-refractivity contribution in [3.63, 3.8) is 0 Å². The molecule has 1 atom stereocenters. The number of ether oxygens (including phenoxy) is 1. The fourth-order valence-electron chi connectivity index (χ4n) is 2.24. The molecule has 1 aromatic heterocycles. The van der Waals surface area contributed by atoms with E-state index in [9.17, 15) is 18.0 Å². The number of alkyl halides is 3. The molecule has 2 N–H and O–H groups in total. The number of hydrogen-bond acceptors (Lipinski definition) is 4. The molecule has 1 fully saturated rings. The van der Waals surface area contributed by atoms with Gasteiger partial charge in [-0.25, -0.2) is 9.78 Å². The van der Waals surface area contributed by atoms with Gasteiger partial charge < -0.3 is 20.3 Å². The molecule has 0 aliphatic carbocycles. The predicted molar refractivity (Wildman–Crippen MR) is 78.6 cm³/mol. The number of carbonyl (C=O) groups is 1. The number of nitrogens with one attached hydrogen (secondary N) is 2. The first-order valence-electron chi connectivity index (χ1n) is 7.22. The van der Waals surface area contributed by atoms with Gasteiger partial charge in [0.05, 0.1) is 11.4 Å². The monoisotopic (exact) mass is 332 g/mol. The van der Waals surface area contributed by atoms with Gasteiger partial charge >= 0.3 is 12.2 Å². The Labute approximate surface area is 132 Å². The Morgan fingerprint density at radius 3 is 2.87 bits per heavy atom. The molecule has 0 aromatic carbocycles. The highest BCUT2D eigenvalue weighted by Gasteiger charge is 2.29. The van der Waals surface area contributed by atoms with Crippen LogP contribution in [0.3, 0.4) is 0 Å². The summed E-state index contributed by atoms with van der Waals surface area (Å²) in [6.07, 6.45) is -4.42. The third-order valence-electron chi connectivity index (χ3n) is 3.45. The molecule has 1 saturated heterocycles. The number of carbonyl (C=O) groups excluding carboxylic acids is 1. The zero-order chi connectivity index (χ0) is 17.0. The van der Waals surface area contributed by atoms with Crippen LogP contribution < -0.4 is 15.4 Å². The van der Waals surface area contributed by atoms with E-state index in [2.05, 4.69) is 20.4 Å². The van der Waals surface area contributed by atoms with Crippen molar-refractivity contribution < 1.29 is 22.7 Å². The van der Waals surface area contributed by atoms with Crippen LogP contribution in [-0.4, -0.2) is 54.4 Å². The van der Waals surface area contributed by atoms with Crippen LogP contribution in [0.25, 0.3) is 0 Å². The van der Waals surface area contributed by atoms with Gasteiger partial charge in [0.15, 0.2) is 6.61 Å². The SMILES string of the molecule is Cc1nc(OCC(F)(F)F)ccc1NC(=O)N1CCNCC1C. The lowest BCUT2D eigenvalue weighted by Gasteiger charge is -2.34. The van der Waals surface area contributed by atoms with Crippen molar-refractivity contribution in [2.75, 3.05) is 31.6 Å². The molecule has 9 heteroatoms. The summed E-state index contributed by atoms with van der Waals surface area (Å²) in [6, 6.07) is 2.59. The lowest BCUT2D eigenvalue weighted by Crippen LogP contribution is -2.53. The zero-order valence-electron chi connectivity index (χ0n) is 12.9. The van der Waals surface area contributed by atoms with Crippen LogP contribution >= 0.6 is 0 Å². The highest BCUT2D eigenvalue weighted by Crippen LogP contribution is 2.21. The van der Waals surface area contributed by atoms with Crippen LogP contribution in [-0.2, 0) is 0 Å². The molecule has 0 bridgehead atoms. The molecule has 0 saturated carbocycles. The molecule has 2 amide bonds. The Kier molecular flexibility index (Phi) is 5.30. The molecule has 0 spiro atoms. The Bertz CT molecular complexity index is 565. The van der Waals surface area contributed by atoms with E-state index in [0.717, 1.165) is 13.1 Å². The van der Waals surface area contributed by atoms with Gasteiger partial charge in [-0.05, 0) is 19.9 Å². The molecule has 1 unspecified atom stereocenters. The third kappa shape index (κ3) is 4.98. The van der Waals surface area contributed by atoms with Crippen molar-refractivity contribution >= 4 is 11.7 Å². The second kappa shape index (κ2) is 7.03. The summed E-state index contributed by atoms with van der Waals surface area (Å²) in [4.78, 5) is 17.9. The second-order valence-electron chi connectivity index (χ2n) is 5.36. The summed E-state index contributed by atoms with van der Waals surface area (Å²) in [5.41, 5.74) is 0.834. The fourth-order valence-corrected chi connectivity index (χ4v) is 2.24. The standard InChI is InChI=1S/C14H19F3N4O2/c1-9-7-18-5-6-21(9)13(22)20-11-3-4-12(19-10(11)2)23-8-14(15,16)17/h3-4,9,18H,5-8H2,1-2H3,(H,20,22). The molecule has 128 valence electrons. The molecule has 1 aliphatic rings. The predicted octanol–water partition coefficient (Wildman–Crippen LogP) is 2.16. The first-order valence-corrected chi connectivity index (χ1v) is 7.22. The Morgan fingerprint density at radius 1 is 1.52 bits per heavy atom. The summed E-state index contributed by atoms with van der Waals surface area (Å²) in [7, 11) is 0. The minimum atomic E-state index is -4.42. The highest BCUT2D eigenvalue weighted by molar-refractivity contribution is 5.90. The van der Waals surface area contributed by atoms with Crippen LogP contribution in [0.15, 0.2) is 12.1 Å². The van der Waals surface area contributed by atoms with E-state index in [1.54, 1.807) is 11.8 Å². The number of piperazine rings is 1. The van der Waals surface area contributed by atoms with E-state index in [4.69, 9.17) is 0 Å². The second-order valence-corrected chi connectivity index (χ2v) is 5.36. The molecule has 1 aromatic rings. The van der Waals surface area contributed by atoms with Crippen LogP contribution in [0.2, 0.25) is 0 Å². The van der Waals surface area contributed by atoms with Crippen molar-refractivity contribution in [2.24, 2.45) is 0 Å². The van der Waals surface area contributed by atoms with Gasteiger partial charge in [0, 0.05) is 31.7 Å². The van der Waals surface area contributed by atoms with Crippen molar-refractivity contribution in [2.45, 2.75) is 26.1 Å². The molecule has 2 heterocycles. The van der Waals surface area contributed by atoms with Crippen molar-refractivity contribution in [3.8, 4) is 5.88 Å². The average molecular weight is 332 g/mol. The van der Waals surface area contributed by atoms with Gasteiger partial charge in [0.25, 0.3) is 0 Å². The molecule has 6 nitrogen and oxygen atoms in total. The van der Waals surface area contributed by atoms with Crippen molar-refractivity contribution in [3.05, 3.63) is 17.8 Å². The van der Waals surface area contributed by atoms with Crippen LogP contribution in [0.4, 0.5) is 23.7 Å². The number of urea groups is 1. The summed E-state index contributed by atoms with van der Waals surface area (Å²) < 4.78 is 40.9. The lowest BCUT2D eigenvalue weighted by molar-refractivity contribution is -0.154. The minimum Gasteiger partial charge on any atom is -0.468 e. The summed E-state index contributed by atoms with van der Waals surface area (Å²) in [5, 5.41) is 5.91. The maximum atomic E-state index is 12.3. The molecule has 1 aliphatic heterocycles. The average Bonchev–Trinajstić information content (AvgIpc) is 2.47. The van der Waals surface area contributed by atoms with Crippen LogP contribution in [0.5, 0.6) is 5.88 Å². The number of aryl methyl sites for hydroxylation is 1. The quantitative estimate of drug-likeness (QED) is 0.890.